The van der Waals surface area contributed by atoms with Gasteiger partial charge in [-0.25, -0.2) is 4.79 Å². The monoisotopic (exact) mass is 1300 g/mol. The van der Waals surface area contributed by atoms with E-state index in [-0.39, 0.29) is 94.6 Å². The number of hydrogen-bond donors (Lipinski definition) is 9. The molecule has 1 amide bonds. The highest BCUT2D eigenvalue weighted by Crippen LogP contribution is 2.65. The molecular weight excluding hydrogens is 1200 g/mol. The number of allylic oxidation sites excluding steroid dienone is 1. The summed E-state index contributed by atoms with van der Waals surface area (Å²) in [7, 11) is 3.32. The standard InChI is InChI=1S/C74H105N5O11S2/c1-47(81)89-63-38-64(90-69(86)74-27-4-3-11-52(74)15-22-65(85)78-74)73(29-31-75-32-30-73)67-49(37-58-59(72(45-80)25-5-6-26-72)43-88-68-62(84)21-19-57(67)66(58)68)9-7-10-50-39-70(2,87)46-92-91-44-60(61(83)20-18-56(50)63)77-42-51-40-71(28-23-55(51)48-13-16-54(82)17-14-48)24-8-12-53(41-71)79-35-33-76-34-36-79/h8,12-14,16-17,19,21,49-53,55-56,58-61,63-64,67,75-77,80,82-84,87H,3-6,10-11,15,18,20,22-46H2,1-2H3,(H,78,85). The van der Waals surface area contributed by atoms with Gasteiger partial charge in [0.25, 0.3) is 0 Å². The van der Waals surface area contributed by atoms with Gasteiger partial charge in [0.1, 0.15) is 23.5 Å². The van der Waals surface area contributed by atoms with E-state index in [1.165, 1.54) is 12.5 Å². The van der Waals surface area contributed by atoms with Crippen LogP contribution in [0.3, 0.4) is 0 Å². The van der Waals surface area contributed by atoms with Crippen LogP contribution >= 0.6 is 21.6 Å². The molecule has 504 valence electrons. The number of ether oxygens (including phenoxy) is 3. The number of phenols is 2. The fourth-order valence-corrected chi connectivity index (χ4v) is 23.7. The summed E-state index contributed by atoms with van der Waals surface area (Å²) < 4.78 is 21.0. The second kappa shape index (κ2) is 28.2. The van der Waals surface area contributed by atoms with Crippen LogP contribution in [0.5, 0.6) is 17.2 Å². The molecule has 92 heavy (non-hydrogen) atoms. The zero-order valence-corrected chi connectivity index (χ0v) is 56.3. The zero-order chi connectivity index (χ0) is 63.8. The van der Waals surface area contributed by atoms with Gasteiger partial charge in [-0.15, -0.1) is 5.92 Å². The van der Waals surface area contributed by atoms with Gasteiger partial charge in [0.15, 0.2) is 11.5 Å². The minimum absolute atomic E-state index is 0.0254. The molecule has 0 radical (unpaired) electrons. The van der Waals surface area contributed by atoms with E-state index in [4.69, 9.17) is 14.2 Å². The number of carbonyl (C=O) groups is 3. The van der Waals surface area contributed by atoms with Crippen molar-refractivity contribution in [2.45, 2.75) is 221 Å². The molecule has 9 N–H and O–H groups in total. The molecule has 5 heterocycles. The van der Waals surface area contributed by atoms with Crippen LogP contribution in [-0.4, -0.2) is 160 Å². The third-order valence-corrected chi connectivity index (χ3v) is 28.2. The molecule has 7 fully saturated rings. The molecule has 2 aromatic rings. The highest BCUT2D eigenvalue weighted by molar-refractivity contribution is 8.76. The van der Waals surface area contributed by atoms with Gasteiger partial charge < -0.3 is 61.0 Å². The van der Waals surface area contributed by atoms with E-state index in [1.807, 2.05) is 19.1 Å². The lowest BCUT2D eigenvalue weighted by molar-refractivity contribution is -0.183. The predicted molar refractivity (Wildman–Crippen MR) is 359 cm³/mol. The van der Waals surface area contributed by atoms with Crippen molar-refractivity contribution in [3.8, 4) is 29.1 Å². The van der Waals surface area contributed by atoms with E-state index >= 15 is 4.79 Å². The molecule has 2 spiro atoms. The van der Waals surface area contributed by atoms with E-state index in [9.17, 15) is 35.1 Å². The Balaban J connectivity index is 0.872. The Morgan fingerprint density at radius 2 is 1.64 bits per heavy atom. The Morgan fingerprint density at radius 3 is 2.42 bits per heavy atom. The SMILES string of the molecule is CC(=O)OC1CC(OC(=O)C23CCCCC2CCC(=O)N3)C2(CCNCC2)C2c3ccc(O)c4c3C(CC2C#CCC2CC(C)(O)CSSCC(NCC3CC5(CC=CC(N6CCNCC6)C5)CCC3c3ccc(O)cc3)C(O)CCC21)C(C1(CO)CCCC1)CO4. The van der Waals surface area contributed by atoms with E-state index in [2.05, 4.69) is 68.4 Å². The van der Waals surface area contributed by atoms with E-state index in [0.29, 0.717) is 114 Å². The number of carbonyl (C=O) groups excluding carboxylic acids is 3. The molecule has 3 saturated carbocycles. The average Bonchev–Trinajstić information content (AvgIpc) is 0.893. The van der Waals surface area contributed by atoms with Crippen molar-refractivity contribution in [1.82, 2.24) is 26.2 Å². The van der Waals surface area contributed by atoms with Crippen LogP contribution in [0.2, 0.25) is 0 Å². The lowest BCUT2D eigenvalue weighted by atomic mass is 9.51. The maximum Gasteiger partial charge on any atom is 0.332 e. The molecule has 0 aromatic heterocycles. The topological polar surface area (TPSA) is 231 Å². The number of benzene rings is 2. The normalized spacial score (nSPS) is 38.9. The summed E-state index contributed by atoms with van der Waals surface area (Å²) in [6.07, 6.45) is 19.2. The van der Waals surface area contributed by atoms with Crippen molar-refractivity contribution in [1.29, 1.82) is 0 Å². The highest BCUT2D eigenvalue weighted by atomic mass is 33.1. The third-order valence-electron chi connectivity index (χ3n) is 25.5. The second-order valence-corrected chi connectivity index (χ2v) is 33.5. The Labute approximate surface area is 554 Å². The molecule has 16 nitrogen and oxygen atoms in total. The van der Waals surface area contributed by atoms with Gasteiger partial charge in [0, 0.05) is 123 Å². The minimum Gasteiger partial charge on any atom is -0.508 e. The zero-order valence-electron chi connectivity index (χ0n) is 54.7. The quantitative estimate of drug-likeness (QED) is 0.0466. The summed E-state index contributed by atoms with van der Waals surface area (Å²) in [5.74, 6) is 7.64. The van der Waals surface area contributed by atoms with Gasteiger partial charge in [-0.05, 0) is 194 Å². The second-order valence-electron chi connectivity index (χ2n) is 31.0. The van der Waals surface area contributed by atoms with Crippen molar-refractivity contribution < 1.29 is 54.1 Å². The number of aliphatic hydroxyl groups excluding tert-OH is 2. The minimum atomic E-state index is -1.21. The molecule has 17 atom stereocenters. The van der Waals surface area contributed by atoms with Crippen molar-refractivity contribution in [2.75, 3.05) is 70.5 Å². The number of piperidine rings is 2. The molecule has 2 aromatic carbocycles. The Kier molecular flexibility index (Phi) is 20.4. The fourth-order valence-electron chi connectivity index (χ4n) is 20.9. The number of aliphatic hydroxyl groups is 3. The van der Waals surface area contributed by atoms with Gasteiger partial charge in [0.2, 0.25) is 5.91 Å². The number of nitrogens with zero attached hydrogens (tertiary/aromatic N) is 1. The van der Waals surface area contributed by atoms with Crippen LogP contribution in [0.15, 0.2) is 48.6 Å². The van der Waals surface area contributed by atoms with Crippen LogP contribution < -0.4 is 26.0 Å². The lowest BCUT2D eigenvalue weighted by Crippen LogP contribution is -2.65. The Morgan fingerprint density at radius 1 is 0.859 bits per heavy atom. The lowest BCUT2D eigenvalue weighted by Gasteiger charge is -2.56. The highest BCUT2D eigenvalue weighted by Gasteiger charge is 2.61. The first kappa shape index (κ1) is 66.6. The number of phenolic OH excluding ortho intramolecular Hbond substituents is 2. The molecule has 0 bridgehead atoms. The Hall–Kier alpha value is -4.03. The maximum atomic E-state index is 16.0. The largest absolute Gasteiger partial charge is 0.508 e. The number of rotatable bonds is 10. The molecule has 6 aliphatic carbocycles. The summed E-state index contributed by atoms with van der Waals surface area (Å²) in [6, 6.07) is 11.7. The molecule has 17 unspecified atom stereocenters. The van der Waals surface area contributed by atoms with Gasteiger partial charge in [-0.1, -0.05) is 83.5 Å². The van der Waals surface area contributed by atoms with Gasteiger partial charge >= 0.3 is 11.9 Å². The van der Waals surface area contributed by atoms with Crippen LogP contribution in [-0.2, 0) is 23.9 Å². The van der Waals surface area contributed by atoms with Crippen LogP contribution in [0.1, 0.15) is 196 Å². The summed E-state index contributed by atoms with van der Waals surface area (Å²) >= 11 is 0. The number of esters is 2. The molecule has 4 saturated heterocycles. The number of aromatic hydroxyl groups is 2. The smallest absolute Gasteiger partial charge is 0.332 e. The first-order valence-electron chi connectivity index (χ1n) is 35.8. The van der Waals surface area contributed by atoms with E-state index in [0.717, 1.165) is 114 Å². The summed E-state index contributed by atoms with van der Waals surface area (Å²) in [6.45, 7) is 9.88. The van der Waals surface area contributed by atoms with Crippen LogP contribution in [0.4, 0.5) is 0 Å². The molecular formula is C74H105N5O11S2. The van der Waals surface area contributed by atoms with Crippen molar-refractivity contribution >= 4 is 39.4 Å². The number of nitrogens with one attached hydrogen (secondary N) is 4. The van der Waals surface area contributed by atoms with Crippen molar-refractivity contribution in [2.24, 2.45) is 51.8 Å². The summed E-state index contributed by atoms with van der Waals surface area (Å²) in [5, 5.41) is 73.9. The Bertz CT molecular complexity index is 3030. The number of hydrogen-bond acceptors (Lipinski definition) is 17. The van der Waals surface area contributed by atoms with Crippen LogP contribution in [0, 0.1) is 63.6 Å². The number of fused-ring (bicyclic) bond motifs is 5. The van der Waals surface area contributed by atoms with Gasteiger partial charge in [-0.3, -0.25) is 14.5 Å². The first-order valence-corrected chi connectivity index (χ1v) is 38.3. The van der Waals surface area contributed by atoms with E-state index in [1.54, 1.807) is 27.7 Å². The average molecular weight is 1300 g/mol. The van der Waals surface area contributed by atoms with Gasteiger partial charge in [0.05, 0.1) is 18.3 Å². The first-order chi connectivity index (χ1) is 44.5. The molecule has 13 rings (SSSR count). The number of amides is 1. The predicted octanol–water partition coefficient (Wildman–Crippen LogP) is 9.76. The summed E-state index contributed by atoms with van der Waals surface area (Å²) in [4.78, 5) is 46.4. The third kappa shape index (κ3) is 13.6. The fraction of sp³-hybridized carbons (Fsp3) is 0.743. The van der Waals surface area contributed by atoms with E-state index < -0.39 is 52.7 Å². The van der Waals surface area contributed by atoms with Crippen molar-refractivity contribution in [3.63, 3.8) is 0 Å². The van der Waals surface area contributed by atoms with Gasteiger partial charge in [-0.2, -0.15) is 0 Å². The maximum absolute atomic E-state index is 16.0. The number of piperazine rings is 1. The molecule has 11 aliphatic rings. The van der Waals surface area contributed by atoms with Crippen molar-refractivity contribution in [3.05, 3.63) is 65.2 Å². The molecule has 5 aliphatic heterocycles. The molecule has 18 heteroatoms. The summed E-state index contributed by atoms with van der Waals surface area (Å²) in [5.41, 5.74) is -0.143. The van der Waals surface area contributed by atoms with Crippen LogP contribution in [0.25, 0.3) is 0 Å².